The molecule has 3 aromatic carbocycles. The number of ether oxygens (including phenoxy) is 1. The Morgan fingerprint density at radius 3 is 2.29 bits per heavy atom. The van der Waals surface area contributed by atoms with E-state index in [4.69, 9.17) is 4.74 Å². The van der Waals surface area contributed by atoms with E-state index in [2.05, 4.69) is 41.3 Å². The highest BCUT2D eigenvalue weighted by molar-refractivity contribution is 7.18. The zero-order valence-electron chi connectivity index (χ0n) is 17.3. The molecule has 0 bridgehead atoms. The first kappa shape index (κ1) is 19.3. The number of aryl methyl sites for hydroxylation is 2. The maximum atomic E-state index is 6.18. The molecule has 0 unspecified atom stereocenters. The van der Waals surface area contributed by atoms with Gasteiger partial charge >= 0.3 is 0 Å². The SMILES string of the molecule is Cc1cc(C)n(-c2cccc(Oc3cccc(-c4ncc(-c5ccccc5)s4)c3)c2)n1. The Labute approximate surface area is 185 Å². The van der Waals surface area contributed by atoms with Gasteiger partial charge in [-0.25, -0.2) is 9.67 Å². The Bertz CT molecular complexity index is 1340. The maximum Gasteiger partial charge on any atom is 0.129 e. The Morgan fingerprint density at radius 1 is 0.774 bits per heavy atom. The van der Waals surface area contributed by atoms with Crippen LogP contribution in [0.5, 0.6) is 11.5 Å². The molecule has 152 valence electrons. The van der Waals surface area contributed by atoms with E-state index in [1.54, 1.807) is 11.3 Å². The third-order valence-electron chi connectivity index (χ3n) is 4.95. The number of aromatic nitrogens is 3. The summed E-state index contributed by atoms with van der Waals surface area (Å²) in [6, 6.07) is 28.4. The van der Waals surface area contributed by atoms with Crippen LogP contribution >= 0.6 is 11.3 Å². The van der Waals surface area contributed by atoms with Crippen LogP contribution in [0.25, 0.3) is 26.7 Å². The van der Waals surface area contributed by atoms with Crippen LogP contribution in [0.3, 0.4) is 0 Å². The van der Waals surface area contributed by atoms with E-state index in [-0.39, 0.29) is 0 Å². The van der Waals surface area contributed by atoms with Crippen LogP contribution in [0, 0.1) is 13.8 Å². The number of nitrogens with zero attached hydrogens (tertiary/aromatic N) is 3. The minimum Gasteiger partial charge on any atom is -0.457 e. The lowest BCUT2D eigenvalue weighted by atomic mass is 10.2. The first-order valence-corrected chi connectivity index (χ1v) is 10.9. The molecule has 0 N–H and O–H groups in total. The van der Waals surface area contributed by atoms with E-state index in [9.17, 15) is 0 Å². The van der Waals surface area contributed by atoms with Crippen molar-refractivity contribution in [2.24, 2.45) is 0 Å². The van der Waals surface area contributed by atoms with Crippen LogP contribution in [-0.4, -0.2) is 14.8 Å². The smallest absolute Gasteiger partial charge is 0.129 e. The third-order valence-corrected chi connectivity index (χ3v) is 6.05. The van der Waals surface area contributed by atoms with Gasteiger partial charge in [0.05, 0.1) is 16.3 Å². The van der Waals surface area contributed by atoms with E-state index < -0.39 is 0 Å². The van der Waals surface area contributed by atoms with Gasteiger partial charge in [0, 0.05) is 23.5 Å². The van der Waals surface area contributed by atoms with Gasteiger partial charge in [-0.15, -0.1) is 11.3 Å². The molecule has 5 rings (SSSR count). The first-order chi connectivity index (χ1) is 15.2. The van der Waals surface area contributed by atoms with Crippen molar-refractivity contribution in [1.82, 2.24) is 14.8 Å². The summed E-state index contributed by atoms with van der Waals surface area (Å²) in [7, 11) is 0. The number of rotatable bonds is 5. The van der Waals surface area contributed by atoms with Gasteiger partial charge in [-0.1, -0.05) is 48.5 Å². The summed E-state index contributed by atoms with van der Waals surface area (Å²) in [5.41, 5.74) is 5.29. The highest BCUT2D eigenvalue weighted by atomic mass is 32.1. The molecule has 2 heterocycles. The van der Waals surface area contributed by atoms with E-state index in [0.29, 0.717) is 0 Å². The maximum absolute atomic E-state index is 6.18. The summed E-state index contributed by atoms with van der Waals surface area (Å²) >= 11 is 1.68. The molecule has 0 amide bonds. The van der Waals surface area contributed by atoms with E-state index in [1.165, 1.54) is 5.56 Å². The van der Waals surface area contributed by atoms with Crippen LogP contribution in [0.1, 0.15) is 11.4 Å². The van der Waals surface area contributed by atoms with Gasteiger partial charge < -0.3 is 4.74 Å². The zero-order chi connectivity index (χ0) is 21.2. The van der Waals surface area contributed by atoms with Crippen molar-refractivity contribution in [2.75, 3.05) is 0 Å². The first-order valence-electron chi connectivity index (χ1n) is 10.1. The Kier molecular flexibility index (Phi) is 5.10. The van der Waals surface area contributed by atoms with Gasteiger partial charge in [0.25, 0.3) is 0 Å². The van der Waals surface area contributed by atoms with Crippen molar-refractivity contribution >= 4 is 11.3 Å². The molecular weight excluding hydrogens is 402 g/mol. The predicted molar refractivity (Wildman–Crippen MR) is 126 cm³/mol. The Balaban J connectivity index is 1.40. The van der Waals surface area contributed by atoms with Gasteiger partial charge in [-0.05, 0) is 49.7 Å². The van der Waals surface area contributed by atoms with Gasteiger partial charge in [0.2, 0.25) is 0 Å². The summed E-state index contributed by atoms with van der Waals surface area (Å²) in [6.07, 6.45) is 1.93. The molecule has 0 spiro atoms. The summed E-state index contributed by atoms with van der Waals surface area (Å²) in [5, 5.41) is 5.54. The molecule has 0 atom stereocenters. The van der Waals surface area contributed by atoms with E-state index >= 15 is 0 Å². The largest absolute Gasteiger partial charge is 0.457 e. The fourth-order valence-electron chi connectivity index (χ4n) is 3.54. The lowest BCUT2D eigenvalue weighted by Crippen LogP contribution is -1.99. The van der Waals surface area contributed by atoms with E-state index in [0.717, 1.165) is 44.0 Å². The molecule has 0 fully saturated rings. The molecule has 0 aliphatic heterocycles. The average molecular weight is 424 g/mol. The zero-order valence-corrected chi connectivity index (χ0v) is 18.1. The average Bonchev–Trinajstić information content (AvgIpc) is 3.41. The Morgan fingerprint density at radius 2 is 1.52 bits per heavy atom. The molecule has 0 saturated carbocycles. The van der Waals surface area contributed by atoms with Crippen molar-refractivity contribution in [3.63, 3.8) is 0 Å². The van der Waals surface area contributed by atoms with E-state index in [1.807, 2.05) is 78.5 Å². The predicted octanol–water partition coefficient (Wildman–Crippen LogP) is 7.07. The quantitative estimate of drug-likeness (QED) is 0.303. The minimum atomic E-state index is 0.770. The summed E-state index contributed by atoms with van der Waals surface area (Å²) in [6.45, 7) is 4.05. The second kappa shape index (κ2) is 8.20. The number of benzene rings is 3. The lowest BCUT2D eigenvalue weighted by molar-refractivity contribution is 0.482. The molecule has 2 aromatic heterocycles. The van der Waals surface area contributed by atoms with Crippen molar-refractivity contribution in [3.05, 3.63) is 103 Å². The second-order valence-electron chi connectivity index (χ2n) is 7.36. The highest BCUT2D eigenvalue weighted by Crippen LogP contribution is 2.34. The van der Waals surface area contributed by atoms with Crippen molar-refractivity contribution in [2.45, 2.75) is 13.8 Å². The monoisotopic (exact) mass is 423 g/mol. The molecular formula is C26H21N3OS. The standard InChI is InChI=1S/C26H21N3OS/c1-18-14-19(2)29(28-18)22-11-7-13-24(16-22)30-23-12-6-10-21(15-23)26-27-17-25(31-26)20-8-4-3-5-9-20/h3-17H,1-2H3. The number of hydrogen-bond donors (Lipinski definition) is 0. The Hall–Kier alpha value is -3.70. The normalized spacial score (nSPS) is 10.9. The summed E-state index contributed by atoms with van der Waals surface area (Å²) in [4.78, 5) is 5.78. The molecule has 0 radical (unpaired) electrons. The highest BCUT2D eigenvalue weighted by Gasteiger charge is 2.09. The molecule has 5 aromatic rings. The second-order valence-corrected chi connectivity index (χ2v) is 8.39. The van der Waals surface area contributed by atoms with Gasteiger partial charge in [0.15, 0.2) is 0 Å². The fraction of sp³-hybridized carbons (Fsp3) is 0.0769. The van der Waals surface area contributed by atoms with Gasteiger partial charge in [-0.2, -0.15) is 5.10 Å². The minimum absolute atomic E-state index is 0.770. The molecule has 5 heteroatoms. The number of thiazole rings is 1. The van der Waals surface area contributed by atoms with Crippen LogP contribution in [0.2, 0.25) is 0 Å². The number of hydrogen-bond acceptors (Lipinski definition) is 4. The van der Waals surface area contributed by atoms with Crippen molar-refractivity contribution in [3.8, 4) is 38.2 Å². The molecule has 0 aliphatic rings. The van der Waals surface area contributed by atoms with Crippen molar-refractivity contribution < 1.29 is 4.74 Å². The van der Waals surface area contributed by atoms with Crippen LogP contribution in [0.15, 0.2) is 91.1 Å². The summed E-state index contributed by atoms with van der Waals surface area (Å²) in [5.74, 6) is 1.55. The molecule has 31 heavy (non-hydrogen) atoms. The molecule has 4 nitrogen and oxygen atoms in total. The topological polar surface area (TPSA) is 39.9 Å². The third kappa shape index (κ3) is 4.13. The van der Waals surface area contributed by atoms with Gasteiger partial charge in [0.1, 0.15) is 16.5 Å². The van der Waals surface area contributed by atoms with Crippen LogP contribution in [0.4, 0.5) is 0 Å². The fourth-order valence-corrected chi connectivity index (χ4v) is 4.46. The molecule has 0 aliphatic carbocycles. The van der Waals surface area contributed by atoms with Crippen LogP contribution in [-0.2, 0) is 0 Å². The van der Waals surface area contributed by atoms with Crippen molar-refractivity contribution in [1.29, 1.82) is 0 Å². The lowest BCUT2D eigenvalue weighted by Gasteiger charge is -2.10. The molecule has 0 saturated heterocycles. The summed E-state index contributed by atoms with van der Waals surface area (Å²) < 4.78 is 8.11. The van der Waals surface area contributed by atoms with Crippen LogP contribution < -0.4 is 4.74 Å². The van der Waals surface area contributed by atoms with Gasteiger partial charge in [-0.3, -0.25) is 0 Å².